The molecule has 7 nitrogen and oxygen atoms in total. The van der Waals surface area contributed by atoms with Crippen LogP contribution in [0.5, 0.6) is 0 Å². The number of hydrogen-bond acceptors (Lipinski definition) is 5. The fourth-order valence-corrected chi connectivity index (χ4v) is 5.68. The van der Waals surface area contributed by atoms with Gasteiger partial charge < -0.3 is 15.5 Å². The summed E-state index contributed by atoms with van der Waals surface area (Å²) in [5, 5.41) is 6.57. The van der Waals surface area contributed by atoms with E-state index in [0.29, 0.717) is 18.4 Å². The quantitative estimate of drug-likeness (QED) is 0.411. The number of rotatable bonds is 6. The van der Waals surface area contributed by atoms with Gasteiger partial charge in [-0.2, -0.15) is 0 Å². The number of benzene rings is 1. The van der Waals surface area contributed by atoms with E-state index < -0.39 is 9.84 Å². The molecule has 1 aromatic rings. The topological polar surface area (TPSA) is 77.0 Å². The minimum Gasteiger partial charge on any atom is -0.356 e. The number of aliphatic imine (C=N–C) groups is 1. The molecule has 2 heterocycles. The summed E-state index contributed by atoms with van der Waals surface area (Å²) in [6.45, 7) is 5.05. The summed E-state index contributed by atoms with van der Waals surface area (Å²) in [4.78, 5) is 9.20. The van der Waals surface area contributed by atoms with E-state index in [1.807, 2.05) is 0 Å². The number of guanidine groups is 1. The van der Waals surface area contributed by atoms with Gasteiger partial charge in [-0.15, -0.1) is 0 Å². The average Bonchev–Trinajstić information content (AvgIpc) is 3.04. The zero-order valence-corrected chi connectivity index (χ0v) is 17.8. The van der Waals surface area contributed by atoms with Crippen molar-refractivity contribution in [3.63, 3.8) is 0 Å². The highest BCUT2D eigenvalue weighted by molar-refractivity contribution is 7.91. The minimum absolute atomic E-state index is 0.0312. The Bertz CT molecular complexity index is 753. The van der Waals surface area contributed by atoms with Crippen molar-refractivity contribution >= 4 is 15.8 Å². The molecule has 28 heavy (non-hydrogen) atoms. The Kier molecular flexibility index (Phi) is 7.31. The monoisotopic (exact) mass is 407 g/mol. The first-order chi connectivity index (χ1) is 13.5. The van der Waals surface area contributed by atoms with Crippen molar-refractivity contribution in [3.05, 3.63) is 35.9 Å². The van der Waals surface area contributed by atoms with Crippen LogP contribution in [0.2, 0.25) is 0 Å². The number of likely N-dealkylation sites (N-methyl/N-ethyl adjacent to an activating group) is 1. The van der Waals surface area contributed by atoms with E-state index in [1.54, 1.807) is 7.05 Å². The molecule has 0 radical (unpaired) electrons. The molecule has 0 amide bonds. The molecule has 2 N–H and O–H groups in total. The minimum atomic E-state index is -2.88. The molecule has 2 fully saturated rings. The maximum atomic E-state index is 11.6. The van der Waals surface area contributed by atoms with Crippen molar-refractivity contribution < 1.29 is 8.42 Å². The molecule has 0 bridgehead atoms. The van der Waals surface area contributed by atoms with Crippen molar-refractivity contribution in [3.8, 4) is 0 Å². The smallest absolute Gasteiger partial charge is 0.191 e. The van der Waals surface area contributed by atoms with E-state index in [2.05, 4.69) is 62.8 Å². The number of nitrogens with zero attached hydrogens (tertiary/aromatic N) is 3. The van der Waals surface area contributed by atoms with E-state index >= 15 is 0 Å². The highest BCUT2D eigenvalue weighted by Crippen LogP contribution is 2.24. The Labute approximate surface area is 169 Å². The summed E-state index contributed by atoms with van der Waals surface area (Å²) in [6, 6.07) is 11.1. The van der Waals surface area contributed by atoms with E-state index in [-0.39, 0.29) is 17.5 Å². The molecule has 2 unspecified atom stereocenters. The normalized spacial score (nSPS) is 26.3. The van der Waals surface area contributed by atoms with Gasteiger partial charge in [0.05, 0.1) is 11.5 Å². The molecule has 2 aliphatic rings. The van der Waals surface area contributed by atoms with E-state index in [1.165, 1.54) is 5.56 Å². The van der Waals surface area contributed by atoms with Gasteiger partial charge >= 0.3 is 0 Å². The first kappa shape index (κ1) is 21.1. The van der Waals surface area contributed by atoms with Crippen LogP contribution in [0.1, 0.15) is 24.4 Å². The number of nitrogens with one attached hydrogen (secondary N) is 2. The lowest BCUT2D eigenvalue weighted by Gasteiger charge is -2.40. The Morgan fingerprint density at radius 2 is 2.04 bits per heavy atom. The van der Waals surface area contributed by atoms with Gasteiger partial charge in [0.2, 0.25) is 0 Å². The molecule has 2 atom stereocenters. The number of sulfone groups is 1. The number of hydrogen-bond donors (Lipinski definition) is 2. The highest BCUT2D eigenvalue weighted by atomic mass is 32.2. The SMILES string of the molecule is CN=C(NCCCN1CCN(C)CC1c1ccccc1)NC1CCS(=O)(=O)C1. The van der Waals surface area contributed by atoms with Crippen molar-refractivity contribution in [2.45, 2.75) is 24.9 Å². The van der Waals surface area contributed by atoms with Crippen LogP contribution in [-0.2, 0) is 9.84 Å². The fraction of sp³-hybridized carbons (Fsp3) is 0.650. The Morgan fingerprint density at radius 3 is 2.71 bits per heavy atom. The van der Waals surface area contributed by atoms with Crippen molar-refractivity contribution in [2.24, 2.45) is 4.99 Å². The van der Waals surface area contributed by atoms with Crippen LogP contribution in [0.15, 0.2) is 35.3 Å². The van der Waals surface area contributed by atoms with Crippen molar-refractivity contribution in [1.29, 1.82) is 0 Å². The molecule has 156 valence electrons. The second-order valence-electron chi connectivity index (χ2n) is 7.82. The van der Waals surface area contributed by atoms with Crippen LogP contribution in [0.25, 0.3) is 0 Å². The van der Waals surface area contributed by atoms with Crippen LogP contribution in [0, 0.1) is 0 Å². The molecule has 2 saturated heterocycles. The first-order valence-electron chi connectivity index (χ1n) is 10.1. The van der Waals surface area contributed by atoms with Gasteiger partial charge in [0.1, 0.15) is 0 Å². The molecule has 0 aromatic heterocycles. The zero-order valence-electron chi connectivity index (χ0n) is 17.0. The molecule has 0 spiro atoms. The lowest BCUT2D eigenvalue weighted by Crippen LogP contribution is -2.48. The van der Waals surface area contributed by atoms with Crippen molar-refractivity contribution in [2.75, 3.05) is 58.3 Å². The molecular weight excluding hydrogens is 374 g/mol. The maximum absolute atomic E-state index is 11.6. The summed E-state index contributed by atoms with van der Waals surface area (Å²) in [7, 11) is 1.03. The highest BCUT2D eigenvalue weighted by Gasteiger charge is 2.28. The predicted molar refractivity (Wildman–Crippen MR) is 114 cm³/mol. The lowest BCUT2D eigenvalue weighted by atomic mass is 10.0. The van der Waals surface area contributed by atoms with Crippen LogP contribution >= 0.6 is 0 Å². The summed E-state index contributed by atoms with van der Waals surface area (Å²) in [5.41, 5.74) is 1.38. The fourth-order valence-electron chi connectivity index (χ4n) is 4.00. The molecule has 0 saturated carbocycles. The Hall–Kier alpha value is -1.64. The summed E-state index contributed by atoms with van der Waals surface area (Å²) >= 11 is 0. The first-order valence-corrected chi connectivity index (χ1v) is 11.9. The predicted octanol–water partition coefficient (Wildman–Crippen LogP) is 0.717. The van der Waals surface area contributed by atoms with Crippen LogP contribution in [0.3, 0.4) is 0 Å². The zero-order chi connectivity index (χ0) is 20.0. The van der Waals surface area contributed by atoms with E-state index in [4.69, 9.17) is 0 Å². The second-order valence-corrected chi connectivity index (χ2v) is 10.1. The van der Waals surface area contributed by atoms with Gasteiger partial charge in [0.15, 0.2) is 15.8 Å². The Morgan fingerprint density at radius 1 is 1.25 bits per heavy atom. The van der Waals surface area contributed by atoms with Crippen molar-refractivity contribution in [1.82, 2.24) is 20.4 Å². The molecule has 2 aliphatic heterocycles. The average molecular weight is 408 g/mol. The third-order valence-corrected chi connectivity index (χ3v) is 7.36. The van der Waals surface area contributed by atoms with Crippen LogP contribution in [-0.4, -0.2) is 88.5 Å². The van der Waals surface area contributed by atoms with Gasteiger partial charge in [0.25, 0.3) is 0 Å². The Balaban J connectivity index is 1.45. The largest absolute Gasteiger partial charge is 0.356 e. The molecule has 3 rings (SSSR count). The van der Waals surface area contributed by atoms with E-state index in [0.717, 1.165) is 39.1 Å². The molecule has 0 aliphatic carbocycles. The summed E-state index contributed by atoms with van der Waals surface area (Å²) in [6.07, 6.45) is 1.67. The molecule has 1 aromatic carbocycles. The van der Waals surface area contributed by atoms with Gasteiger partial charge in [-0.25, -0.2) is 8.42 Å². The third kappa shape index (κ3) is 5.93. The van der Waals surface area contributed by atoms with Gasteiger partial charge in [-0.1, -0.05) is 30.3 Å². The van der Waals surface area contributed by atoms with Gasteiger partial charge in [-0.05, 0) is 25.5 Å². The van der Waals surface area contributed by atoms with Crippen LogP contribution < -0.4 is 10.6 Å². The summed E-state index contributed by atoms with van der Waals surface area (Å²) in [5.74, 6) is 1.17. The van der Waals surface area contributed by atoms with Gasteiger partial charge in [-0.3, -0.25) is 9.89 Å². The second kappa shape index (κ2) is 9.71. The maximum Gasteiger partial charge on any atom is 0.191 e. The summed E-state index contributed by atoms with van der Waals surface area (Å²) < 4.78 is 23.2. The van der Waals surface area contributed by atoms with Gasteiger partial charge in [0, 0.05) is 51.9 Å². The molecular formula is C20H33N5O2S. The standard InChI is InChI=1S/C20H33N5O2S/c1-21-20(23-18-9-14-28(26,27)16-18)22-10-6-11-25-13-12-24(2)15-19(25)17-7-4-3-5-8-17/h3-5,7-8,18-19H,6,9-16H2,1-2H3,(H2,21,22,23). The number of piperazine rings is 1. The third-order valence-electron chi connectivity index (χ3n) is 5.59. The van der Waals surface area contributed by atoms with Crippen LogP contribution in [0.4, 0.5) is 0 Å². The molecule has 8 heteroatoms. The van der Waals surface area contributed by atoms with E-state index in [9.17, 15) is 8.42 Å². The lowest BCUT2D eigenvalue weighted by molar-refractivity contribution is 0.0891.